The normalized spacial score (nSPS) is 16.2. The standard InChI is InChI=1S/C32H36N2O7/c1-20-15-27(37-14-13-26-19-39-32(4,5)40-26)16-21(2)29(20)28-8-6-7-24(22(28)3)18-38-25-11-9-23(10-12-25)17-34-30(35)33-31(36)41-34/h6-12,15-16,26H,13-14,17-19H2,1-5H3,(H,33,35,36)/t26-/m0/s1. The summed E-state index contributed by atoms with van der Waals surface area (Å²) in [5, 5.41) is 0. The van der Waals surface area contributed by atoms with Crippen LogP contribution in [0.15, 0.2) is 68.7 Å². The van der Waals surface area contributed by atoms with Crippen molar-refractivity contribution in [1.29, 1.82) is 0 Å². The molecule has 9 nitrogen and oxygen atoms in total. The lowest BCUT2D eigenvalue weighted by molar-refractivity contribution is -0.139. The fraction of sp³-hybridized carbons (Fsp3) is 0.375. The molecular weight excluding hydrogens is 524 g/mol. The van der Waals surface area contributed by atoms with Crippen LogP contribution < -0.4 is 20.9 Å². The molecule has 1 fully saturated rings. The molecule has 3 aromatic carbocycles. The Labute approximate surface area is 238 Å². The van der Waals surface area contributed by atoms with Crippen LogP contribution in [0.5, 0.6) is 11.5 Å². The summed E-state index contributed by atoms with van der Waals surface area (Å²) >= 11 is 0. The van der Waals surface area contributed by atoms with Crippen LogP contribution in [0.3, 0.4) is 0 Å². The van der Waals surface area contributed by atoms with Gasteiger partial charge in [0.15, 0.2) is 5.79 Å². The predicted molar refractivity (Wildman–Crippen MR) is 155 cm³/mol. The number of benzene rings is 3. The Morgan fingerprint density at radius 1 is 0.976 bits per heavy atom. The number of aromatic nitrogens is 2. The molecule has 9 heteroatoms. The number of hydrogen-bond donors (Lipinski definition) is 1. The van der Waals surface area contributed by atoms with Gasteiger partial charge >= 0.3 is 11.4 Å². The van der Waals surface area contributed by atoms with Crippen LogP contribution in [-0.2, 0) is 22.6 Å². The van der Waals surface area contributed by atoms with E-state index in [2.05, 4.69) is 56.1 Å². The fourth-order valence-corrected chi connectivity index (χ4v) is 5.19. The third-order valence-electron chi connectivity index (χ3n) is 7.27. The van der Waals surface area contributed by atoms with Gasteiger partial charge in [-0.2, -0.15) is 0 Å². The molecule has 1 atom stereocenters. The van der Waals surface area contributed by atoms with Gasteiger partial charge in [0.2, 0.25) is 0 Å². The molecule has 1 aromatic heterocycles. The summed E-state index contributed by atoms with van der Waals surface area (Å²) < 4.78 is 29.5. The summed E-state index contributed by atoms with van der Waals surface area (Å²) in [5.74, 6) is 0.265. The second-order valence-electron chi connectivity index (χ2n) is 10.9. The highest BCUT2D eigenvalue weighted by Crippen LogP contribution is 2.35. The highest BCUT2D eigenvalue weighted by molar-refractivity contribution is 5.75. The molecule has 0 unspecified atom stereocenters. The van der Waals surface area contributed by atoms with Crippen LogP contribution >= 0.6 is 0 Å². The quantitative estimate of drug-likeness (QED) is 0.282. The van der Waals surface area contributed by atoms with Gasteiger partial charge in [-0.25, -0.2) is 14.6 Å². The van der Waals surface area contributed by atoms with E-state index in [0.29, 0.717) is 25.6 Å². The summed E-state index contributed by atoms with van der Waals surface area (Å²) in [5.41, 5.74) is 7.14. The van der Waals surface area contributed by atoms with Gasteiger partial charge < -0.3 is 23.5 Å². The number of rotatable bonds is 10. The van der Waals surface area contributed by atoms with Crippen molar-refractivity contribution >= 4 is 0 Å². The van der Waals surface area contributed by atoms with Crippen LogP contribution in [0, 0.1) is 20.8 Å². The maximum atomic E-state index is 11.7. The molecule has 0 saturated carbocycles. The van der Waals surface area contributed by atoms with Gasteiger partial charge in [0, 0.05) is 6.42 Å². The second kappa shape index (κ2) is 11.8. The van der Waals surface area contributed by atoms with Crippen molar-refractivity contribution in [1.82, 2.24) is 9.72 Å². The van der Waals surface area contributed by atoms with Gasteiger partial charge in [0.05, 0.1) is 25.9 Å². The minimum absolute atomic E-state index is 0.0525. The van der Waals surface area contributed by atoms with E-state index in [9.17, 15) is 9.59 Å². The van der Waals surface area contributed by atoms with E-state index in [-0.39, 0.29) is 12.6 Å². The first-order valence-corrected chi connectivity index (χ1v) is 13.7. The van der Waals surface area contributed by atoms with E-state index in [1.165, 1.54) is 11.1 Å². The maximum Gasteiger partial charge on any atom is 0.440 e. The first kappa shape index (κ1) is 28.4. The summed E-state index contributed by atoms with van der Waals surface area (Å²) in [6, 6.07) is 17.8. The Morgan fingerprint density at radius 2 is 1.71 bits per heavy atom. The lowest BCUT2D eigenvalue weighted by Crippen LogP contribution is -2.22. The van der Waals surface area contributed by atoms with Crippen molar-refractivity contribution in [2.24, 2.45) is 0 Å². The van der Waals surface area contributed by atoms with E-state index < -0.39 is 17.2 Å². The van der Waals surface area contributed by atoms with Crippen molar-refractivity contribution in [3.63, 3.8) is 0 Å². The van der Waals surface area contributed by atoms with Crippen molar-refractivity contribution in [2.45, 2.75) is 66.1 Å². The van der Waals surface area contributed by atoms with Crippen molar-refractivity contribution in [3.8, 4) is 22.6 Å². The zero-order valence-corrected chi connectivity index (χ0v) is 24.1. The summed E-state index contributed by atoms with van der Waals surface area (Å²) in [7, 11) is 0. The van der Waals surface area contributed by atoms with Gasteiger partial charge in [-0.05, 0) is 97.8 Å². The van der Waals surface area contributed by atoms with Crippen LogP contribution in [0.4, 0.5) is 0 Å². The van der Waals surface area contributed by atoms with Crippen molar-refractivity contribution < 1.29 is 23.5 Å². The lowest BCUT2D eigenvalue weighted by atomic mass is 9.90. The third-order valence-corrected chi connectivity index (χ3v) is 7.27. The summed E-state index contributed by atoms with van der Waals surface area (Å²) in [6.45, 7) is 11.9. The molecule has 1 aliphatic rings. The predicted octanol–water partition coefficient (Wildman–Crippen LogP) is 5.27. The van der Waals surface area contributed by atoms with E-state index in [0.717, 1.165) is 44.7 Å². The summed E-state index contributed by atoms with van der Waals surface area (Å²) in [6.07, 6.45) is 0.828. The van der Waals surface area contributed by atoms with Crippen LogP contribution in [0.1, 0.15) is 48.1 Å². The molecule has 1 N–H and O–H groups in total. The van der Waals surface area contributed by atoms with E-state index >= 15 is 0 Å². The average Bonchev–Trinajstić information content (AvgIpc) is 3.43. The third kappa shape index (κ3) is 6.81. The van der Waals surface area contributed by atoms with Crippen LogP contribution in [0.25, 0.3) is 11.1 Å². The van der Waals surface area contributed by atoms with Crippen LogP contribution in [-0.4, -0.2) is 34.8 Å². The Morgan fingerprint density at radius 3 is 2.34 bits per heavy atom. The zero-order chi connectivity index (χ0) is 29.1. The average molecular weight is 561 g/mol. The Balaban J connectivity index is 1.22. The van der Waals surface area contributed by atoms with Crippen LogP contribution in [0.2, 0.25) is 0 Å². The number of ether oxygens (including phenoxy) is 4. The molecule has 2 heterocycles. The zero-order valence-electron chi connectivity index (χ0n) is 24.1. The molecule has 1 aliphatic heterocycles. The molecule has 216 valence electrons. The highest BCUT2D eigenvalue weighted by atomic mass is 16.7. The van der Waals surface area contributed by atoms with E-state index in [1.807, 2.05) is 38.1 Å². The number of aryl methyl sites for hydroxylation is 2. The smallest absolute Gasteiger partial charge is 0.440 e. The molecule has 4 aromatic rings. The topological polar surface area (TPSA) is 105 Å². The summed E-state index contributed by atoms with van der Waals surface area (Å²) in [4.78, 5) is 24.9. The number of nitrogens with one attached hydrogen (secondary N) is 1. The SMILES string of the molecule is Cc1cc(OCC[C@H]2COC(C)(C)O2)cc(C)c1-c1cccc(COc2ccc(Cn3oc(=O)[nH]c3=O)cc2)c1C. The molecule has 0 radical (unpaired) electrons. The second-order valence-corrected chi connectivity index (χ2v) is 10.9. The lowest BCUT2D eigenvalue weighted by Gasteiger charge is -2.19. The highest BCUT2D eigenvalue weighted by Gasteiger charge is 2.32. The van der Waals surface area contributed by atoms with Crippen molar-refractivity contribution in [3.05, 3.63) is 103 Å². The first-order valence-electron chi connectivity index (χ1n) is 13.7. The maximum absolute atomic E-state index is 11.7. The first-order chi connectivity index (χ1) is 19.6. The van der Waals surface area contributed by atoms with Crippen molar-refractivity contribution in [2.75, 3.05) is 13.2 Å². The number of nitrogens with zero attached hydrogens (tertiary/aromatic N) is 1. The molecular formula is C32H36N2O7. The fourth-order valence-electron chi connectivity index (χ4n) is 5.19. The molecule has 0 bridgehead atoms. The van der Waals surface area contributed by atoms with E-state index in [4.69, 9.17) is 23.5 Å². The molecule has 1 saturated heterocycles. The minimum atomic E-state index is -0.771. The molecule has 0 aliphatic carbocycles. The molecule has 0 spiro atoms. The van der Waals surface area contributed by atoms with Gasteiger partial charge in [-0.3, -0.25) is 0 Å². The number of hydrogen-bond acceptors (Lipinski definition) is 7. The number of H-pyrrole nitrogens is 1. The van der Waals surface area contributed by atoms with Gasteiger partial charge in [-0.15, -0.1) is 4.74 Å². The monoisotopic (exact) mass is 560 g/mol. The Kier molecular flexibility index (Phi) is 8.19. The molecule has 5 rings (SSSR count). The largest absolute Gasteiger partial charge is 0.493 e. The van der Waals surface area contributed by atoms with E-state index in [1.54, 1.807) is 0 Å². The minimum Gasteiger partial charge on any atom is -0.493 e. The van der Waals surface area contributed by atoms with Gasteiger partial charge in [0.1, 0.15) is 18.1 Å². The Hall–Kier alpha value is -4.08. The molecule has 41 heavy (non-hydrogen) atoms. The number of aromatic amines is 1. The van der Waals surface area contributed by atoms with Gasteiger partial charge in [-0.1, -0.05) is 30.3 Å². The molecule has 0 amide bonds. The Bertz CT molecular complexity index is 1610. The van der Waals surface area contributed by atoms with Gasteiger partial charge in [0.25, 0.3) is 0 Å².